The van der Waals surface area contributed by atoms with Crippen molar-refractivity contribution < 1.29 is 22.7 Å². The zero-order valence-electron chi connectivity index (χ0n) is 10.8. The second-order valence-corrected chi connectivity index (χ2v) is 6.86. The summed E-state index contributed by atoms with van der Waals surface area (Å²) in [6.07, 6.45) is 1.32. The molecule has 1 fully saturated rings. The Bertz CT molecular complexity index is 585. The lowest BCUT2D eigenvalue weighted by molar-refractivity contribution is -0.138. The highest BCUT2D eigenvalue weighted by Gasteiger charge is 2.31. The van der Waals surface area contributed by atoms with Crippen molar-refractivity contribution in [3.63, 3.8) is 0 Å². The quantitative estimate of drug-likeness (QED) is 0.918. The molecule has 0 spiro atoms. The molecule has 1 saturated heterocycles. The van der Waals surface area contributed by atoms with Gasteiger partial charge in [-0.2, -0.15) is 4.31 Å². The van der Waals surface area contributed by atoms with Gasteiger partial charge in [0.1, 0.15) is 5.82 Å². The molecule has 1 atom stereocenters. The molecule has 7 heteroatoms. The first-order valence-corrected chi connectivity index (χ1v) is 7.81. The van der Waals surface area contributed by atoms with Crippen LogP contribution in [0.5, 0.6) is 0 Å². The van der Waals surface area contributed by atoms with Gasteiger partial charge >= 0.3 is 5.97 Å². The fourth-order valence-corrected chi connectivity index (χ4v) is 3.97. The molecule has 1 aliphatic rings. The Morgan fingerprint density at radius 1 is 1.35 bits per heavy atom. The molecule has 1 aromatic rings. The van der Waals surface area contributed by atoms with Crippen LogP contribution in [0.25, 0.3) is 0 Å². The third kappa shape index (κ3) is 3.34. The lowest BCUT2D eigenvalue weighted by Crippen LogP contribution is -2.40. The van der Waals surface area contributed by atoms with Gasteiger partial charge < -0.3 is 5.11 Å². The Hall–Kier alpha value is -1.47. The second-order valence-electron chi connectivity index (χ2n) is 4.92. The zero-order valence-corrected chi connectivity index (χ0v) is 11.6. The molecule has 1 aromatic carbocycles. The summed E-state index contributed by atoms with van der Waals surface area (Å²) < 4.78 is 38.9. The highest BCUT2D eigenvalue weighted by molar-refractivity contribution is 7.89. The summed E-state index contributed by atoms with van der Waals surface area (Å²) >= 11 is 0. The van der Waals surface area contributed by atoms with E-state index in [1.165, 1.54) is 16.4 Å². The standard InChI is InChI=1S/C13H16FNO4S/c14-11-3-5-12(6-4-11)20(18,19)15-7-1-2-10(9-15)8-13(16)17/h3-6,10H,1-2,7-9H2,(H,16,17)/t10-/m1/s1. The molecule has 0 aliphatic carbocycles. The lowest BCUT2D eigenvalue weighted by atomic mass is 9.96. The maximum absolute atomic E-state index is 12.8. The minimum absolute atomic E-state index is 0.0323. The number of benzene rings is 1. The maximum atomic E-state index is 12.8. The van der Waals surface area contributed by atoms with Crippen molar-refractivity contribution in [2.24, 2.45) is 5.92 Å². The van der Waals surface area contributed by atoms with Gasteiger partial charge in [-0.1, -0.05) is 0 Å². The van der Waals surface area contributed by atoms with Crippen molar-refractivity contribution >= 4 is 16.0 Å². The number of carboxylic acids is 1. The van der Waals surface area contributed by atoms with Gasteiger partial charge in [-0.05, 0) is 43.0 Å². The van der Waals surface area contributed by atoms with Crippen molar-refractivity contribution in [3.05, 3.63) is 30.1 Å². The maximum Gasteiger partial charge on any atom is 0.303 e. The molecule has 0 radical (unpaired) electrons. The molecule has 1 heterocycles. The summed E-state index contributed by atoms with van der Waals surface area (Å²) in [4.78, 5) is 10.8. The van der Waals surface area contributed by atoms with E-state index < -0.39 is 21.8 Å². The van der Waals surface area contributed by atoms with Crippen molar-refractivity contribution in [2.75, 3.05) is 13.1 Å². The summed E-state index contributed by atoms with van der Waals surface area (Å²) in [7, 11) is -3.67. The van der Waals surface area contributed by atoms with Crippen LogP contribution in [0, 0.1) is 11.7 Å². The summed E-state index contributed by atoms with van der Waals surface area (Å²) in [5, 5.41) is 8.79. The monoisotopic (exact) mass is 301 g/mol. The Morgan fingerprint density at radius 2 is 2.00 bits per heavy atom. The number of carbonyl (C=O) groups is 1. The topological polar surface area (TPSA) is 74.7 Å². The average molecular weight is 301 g/mol. The number of hydrogen-bond acceptors (Lipinski definition) is 3. The summed E-state index contributed by atoms with van der Waals surface area (Å²) in [5.74, 6) is -1.58. The Kier molecular flexibility index (Phi) is 4.39. The second kappa shape index (κ2) is 5.88. The number of hydrogen-bond donors (Lipinski definition) is 1. The minimum atomic E-state index is -3.67. The van der Waals surface area contributed by atoms with E-state index in [1.54, 1.807) is 0 Å². The predicted octanol–water partition coefficient (Wildman–Crippen LogP) is 1.70. The number of halogens is 1. The van der Waals surface area contributed by atoms with Gasteiger partial charge in [0.25, 0.3) is 0 Å². The number of piperidine rings is 1. The first kappa shape index (κ1) is 14.9. The summed E-state index contributed by atoms with van der Waals surface area (Å²) in [6.45, 7) is 0.571. The third-order valence-electron chi connectivity index (χ3n) is 3.40. The van der Waals surface area contributed by atoms with Gasteiger partial charge in [-0.3, -0.25) is 4.79 Å². The van der Waals surface area contributed by atoms with Crippen LogP contribution >= 0.6 is 0 Å². The van der Waals surface area contributed by atoms with Crippen molar-refractivity contribution in [3.8, 4) is 0 Å². The van der Waals surface area contributed by atoms with Crippen LogP contribution in [0.1, 0.15) is 19.3 Å². The van der Waals surface area contributed by atoms with Crippen LogP contribution in [0.3, 0.4) is 0 Å². The molecular formula is C13H16FNO4S. The zero-order chi connectivity index (χ0) is 14.8. The first-order valence-electron chi connectivity index (χ1n) is 6.37. The molecule has 20 heavy (non-hydrogen) atoms. The van der Waals surface area contributed by atoms with Crippen LogP contribution in [-0.2, 0) is 14.8 Å². The van der Waals surface area contributed by atoms with E-state index in [0.29, 0.717) is 19.4 Å². The number of sulfonamides is 1. The van der Waals surface area contributed by atoms with Crippen molar-refractivity contribution in [2.45, 2.75) is 24.2 Å². The summed E-state index contributed by atoms with van der Waals surface area (Å²) in [5.41, 5.74) is 0. The molecule has 0 amide bonds. The fourth-order valence-electron chi connectivity index (χ4n) is 2.41. The Labute approximate surface area is 117 Å². The molecular weight excluding hydrogens is 285 g/mol. The molecule has 0 unspecified atom stereocenters. The predicted molar refractivity (Wildman–Crippen MR) is 70.1 cm³/mol. The van der Waals surface area contributed by atoms with E-state index in [4.69, 9.17) is 5.11 Å². The van der Waals surface area contributed by atoms with Gasteiger partial charge in [0.2, 0.25) is 10.0 Å². The van der Waals surface area contributed by atoms with Gasteiger partial charge in [-0.15, -0.1) is 0 Å². The Morgan fingerprint density at radius 3 is 2.60 bits per heavy atom. The fraction of sp³-hybridized carbons (Fsp3) is 0.462. The number of rotatable bonds is 4. The third-order valence-corrected chi connectivity index (χ3v) is 5.28. The van der Waals surface area contributed by atoms with Gasteiger partial charge in [0, 0.05) is 19.5 Å². The van der Waals surface area contributed by atoms with Crippen molar-refractivity contribution in [1.82, 2.24) is 4.31 Å². The van der Waals surface area contributed by atoms with E-state index in [2.05, 4.69) is 0 Å². The molecule has 1 aliphatic heterocycles. The summed E-state index contributed by atoms with van der Waals surface area (Å²) in [6, 6.07) is 4.66. The molecule has 0 bridgehead atoms. The van der Waals surface area contributed by atoms with Crippen LogP contribution in [0.15, 0.2) is 29.2 Å². The highest BCUT2D eigenvalue weighted by Crippen LogP contribution is 2.25. The van der Waals surface area contributed by atoms with E-state index in [1.807, 2.05) is 0 Å². The van der Waals surface area contributed by atoms with Crippen molar-refractivity contribution in [1.29, 1.82) is 0 Å². The van der Waals surface area contributed by atoms with Crippen LogP contribution < -0.4 is 0 Å². The number of aliphatic carboxylic acids is 1. The van der Waals surface area contributed by atoms with Gasteiger partial charge in [0.05, 0.1) is 4.90 Å². The first-order chi connectivity index (χ1) is 9.39. The molecule has 110 valence electrons. The van der Waals surface area contributed by atoms with Crippen LogP contribution in [-0.4, -0.2) is 36.9 Å². The Balaban J connectivity index is 2.16. The largest absolute Gasteiger partial charge is 0.481 e. The minimum Gasteiger partial charge on any atom is -0.481 e. The van der Waals surface area contributed by atoms with E-state index in [-0.39, 0.29) is 23.8 Å². The van der Waals surface area contributed by atoms with E-state index >= 15 is 0 Å². The molecule has 2 rings (SSSR count). The molecule has 0 saturated carbocycles. The normalized spacial score (nSPS) is 20.8. The van der Waals surface area contributed by atoms with Gasteiger partial charge in [-0.25, -0.2) is 12.8 Å². The number of nitrogens with zero attached hydrogens (tertiary/aromatic N) is 1. The van der Waals surface area contributed by atoms with Crippen LogP contribution in [0.2, 0.25) is 0 Å². The van der Waals surface area contributed by atoms with E-state index in [0.717, 1.165) is 12.1 Å². The molecule has 1 N–H and O–H groups in total. The lowest BCUT2D eigenvalue weighted by Gasteiger charge is -2.31. The molecule has 5 nitrogen and oxygen atoms in total. The van der Waals surface area contributed by atoms with E-state index in [9.17, 15) is 17.6 Å². The van der Waals surface area contributed by atoms with Gasteiger partial charge in [0.15, 0.2) is 0 Å². The smallest absolute Gasteiger partial charge is 0.303 e. The highest BCUT2D eigenvalue weighted by atomic mass is 32.2. The average Bonchev–Trinajstić information content (AvgIpc) is 2.39. The van der Waals surface area contributed by atoms with Crippen LogP contribution in [0.4, 0.5) is 4.39 Å². The number of carboxylic acid groups (broad SMARTS) is 1. The molecule has 0 aromatic heterocycles. The SMILES string of the molecule is O=C(O)C[C@H]1CCCN(S(=O)(=O)c2ccc(F)cc2)C1.